The minimum absolute atomic E-state index is 0.0622. The number of amides is 2. The first kappa shape index (κ1) is 19.8. The molecule has 1 aliphatic heterocycles. The minimum atomic E-state index is -0.677. The highest BCUT2D eigenvalue weighted by Gasteiger charge is 2.25. The molecule has 0 radical (unpaired) electrons. The van der Waals surface area contributed by atoms with E-state index in [4.69, 9.17) is 0 Å². The van der Waals surface area contributed by atoms with Crippen LogP contribution in [0.3, 0.4) is 0 Å². The van der Waals surface area contributed by atoms with Gasteiger partial charge in [-0.25, -0.2) is 4.79 Å². The summed E-state index contributed by atoms with van der Waals surface area (Å²) in [7, 11) is 1.19. The van der Waals surface area contributed by atoms with E-state index in [2.05, 4.69) is 25.6 Å². The van der Waals surface area contributed by atoms with Gasteiger partial charge in [0.15, 0.2) is 5.17 Å². The Hall–Kier alpha value is -3.54. The number of anilines is 1. The fourth-order valence-corrected chi connectivity index (χ4v) is 2.60. The normalized spacial score (nSPS) is 16.6. The molecular formula is C15H13N5O6S. The van der Waals surface area contributed by atoms with Gasteiger partial charge in [0, 0.05) is 24.6 Å². The molecule has 140 valence electrons. The fourth-order valence-electron chi connectivity index (χ4n) is 1.86. The first-order chi connectivity index (χ1) is 12.8. The molecule has 1 fully saturated rings. The first-order valence-corrected chi connectivity index (χ1v) is 8.07. The van der Waals surface area contributed by atoms with Crippen molar-refractivity contribution in [2.45, 2.75) is 6.92 Å². The number of esters is 1. The Balaban J connectivity index is 2.15. The van der Waals surface area contributed by atoms with E-state index in [-0.39, 0.29) is 21.4 Å². The third-order valence-corrected chi connectivity index (χ3v) is 3.89. The summed E-state index contributed by atoms with van der Waals surface area (Å²) in [5.41, 5.74) is 0.126. The van der Waals surface area contributed by atoms with Crippen LogP contribution in [0.2, 0.25) is 0 Å². The maximum Gasteiger partial charge on any atom is 0.331 e. The van der Waals surface area contributed by atoms with E-state index < -0.39 is 22.7 Å². The van der Waals surface area contributed by atoms with E-state index in [0.717, 1.165) is 17.8 Å². The maximum absolute atomic E-state index is 11.7. The van der Waals surface area contributed by atoms with Gasteiger partial charge in [0.2, 0.25) is 5.91 Å². The number of hydrogen-bond donors (Lipinski definition) is 2. The number of carbonyl (C=O) groups excluding carboxylic acids is 3. The zero-order valence-electron chi connectivity index (χ0n) is 14.1. The van der Waals surface area contributed by atoms with Crippen molar-refractivity contribution in [3.05, 3.63) is 44.9 Å². The van der Waals surface area contributed by atoms with Gasteiger partial charge < -0.3 is 10.1 Å². The molecular weight excluding hydrogens is 378 g/mol. The number of methoxy groups -OCH3 is 1. The third kappa shape index (κ3) is 5.47. The number of nitrogens with one attached hydrogen (secondary N) is 2. The number of ether oxygens (including phenoxy) is 1. The van der Waals surface area contributed by atoms with E-state index >= 15 is 0 Å². The van der Waals surface area contributed by atoms with Crippen molar-refractivity contribution < 1.29 is 24.0 Å². The van der Waals surface area contributed by atoms with Crippen molar-refractivity contribution >= 4 is 52.3 Å². The second-order valence-corrected chi connectivity index (χ2v) is 5.98. The number of hydrogen-bond acceptors (Lipinski definition) is 9. The van der Waals surface area contributed by atoms with E-state index in [1.54, 1.807) is 0 Å². The van der Waals surface area contributed by atoms with Gasteiger partial charge in [-0.2, -0.15) is 5.10 Å². The minimum Gasteiger partial charge on any atom is -0.466 e. The molecule has 1 saturated heterocycles. The van der Waals surface area contributed by atoms with Gasteiger partial charge in [-0.15, -0.1) is 5.10 Å². The summed E-state index contributed by atoms with van der Waals surface area (Å²) in [5, 5.41) is 23.6. The average Bonchev–Trinajstić information content (AvgIpc) is 2.94. The molecule has 27 heavy (non-hydrogen) atoms. The summed E-state index contributed by atoms with van der Waals surface area (Å²) in [6.07, 6.45) is 2.27. The molecule has 0 bridgehead atoms. The predicted molar refractivity (Wildman–Crippen MR) is 98.3 cm³/mol. The lowest BCUT2D eigenvalue weighted by atomic mass is 10.2. The SMILES string of the molecule is COC(=O)/C=C1/S/C(=N\N=Cc2ccc(NC(C)=O)c([N+](=O)[O-])c2)NC1=O. The van der Waals surface area contributed by atoms with E-state index in [1.165, 1.54) is 38.4 Å². The molecule has 11 nitrogen and oxygen atoms in total. The molecule has 2 N–H and O–H groups in total. The van der Waals surface area contributed by atoms with E-state index in [9.17, 15) is 24.5 Å². The van der Waals surface area contributed by atoms with Gasteiger partial charge in [-0.05, 0) is 17.8 Å². The zero-order chi connectivity index (χ0) is 20.0. The highest BCUT2D eigenvalue weighted by Crippen LogP contribution is 2.25. The van der Waals surface area contributed by atoms with Crippen molar-refractivity contribution in [2.75, 3.05) is 12.4 Å². The zero-order valence-corrected chi connectivity index (χ0v) is 14.9. The summed E-state index contributed by atoms with van der Waals surface area (Å²) in [6, 6.07) is 4.10. The molecule has 2 amide bonds. The van der Waals surface area contributed by atoms with Crippen molar-refractivity contribution in [1.82, 2.24) is 5.32 Å². The van der Waals surface area contributed by atoms with Gasteiger partial charge in [0.25, 0.3) is 11.6 Å². The van der Waals surface area contributed by atoms with Crippen molar-refractivity contribution in [1.29, 1.82) is 0 Å². The smallest absolute Gasteiger partial charge is 0.331 e. The lowest BCUT2D eigenvalue weighted by Crippen LogP contribution is -2.19. The summed E-state index contributed by atoms with van der Waals surface area (Å²) in [5.74, 6) is -1.63. The van der Waals surface area contributed by atoms with Gasteiger partial charge in [-0.3, -0.25) is 25.0 Å². The van der Waals surface area contributed by atoms with Gasteiger partial charge in [0.05, 0.1) is 23.2 Å². The Kier molecular flexibility index (Phi) is 6.38. The molecule has 0 aromatic heterocycles. The Morgan fingerprint density at radius 2 is 2.15 bits per heavy atom. The Morgan fingerprint density at radius 3 is 2.78 bits per heavy atom. The number of nitrogens with zero attached hydrogens (tertiary/aromatic N) is 3. The number of nitro benzene ring substituents is 1. The predicted octanol–water partition coefficient (Wildman–Crippen LogP) is 1.16. The Bertz CT molecular complexity index is 908. The molecule has 0 aliphatic carbocycles. The number of thioether (sulfide) groups is 1. The number of amidine groups is 1. The second-order valence-electron chi connectivity index (χ2n) is 4.95. The Morgan fingerprint density at radius 1 is 1.41 bits per heavy atom. The summed E-state index contributed by atoms with van der Waals surface area (Å²) < 4.78 is 4.44. The summed E-state index contributed by atoms with van der Waals surface area (Å²) in [6.45, 7) is 1.24. The van der Waals surface area contributed by atoms with Crippen LogP contribution in [-0.4, -0.2) is 41.2 Å². The maximum atomic E-state index is 11.7. The number of carbonyl (C=O) groups is 3. The first-order valence-electron chi connectivity index (χ1n) is 7.26. The monoisotopic (exact) mass is 391 g/mol. The lowest BCUT2D eigenvalue weighted by molar-refractivity contribution is -0.383. The number of benzene rings is 1. The molecule has 1 aromatic rings. The van der Waals surface area contributed by atoms with E-state index in [1.807, 2.05) is 0 Å². The van der Waals surface area contributed by atoms with Crippen molar-refractivity contribution in [3.63, 3.8) is 0 Å². The van der Waals surface area contributed by atoms with E-state index in [0.29, 0.717) is 5.56 Å². The van der Waals surface area contributed by atoms with Gasteiger partial charge in [0.1, 0.15) is 5.69 Å². The Labute approximate surface area is 156 Å². The van der Waals surface area contributed by atoms with Crippen LogP contribution in [-0.2, 0) is 19.1 Å². The molecule has 0 saturated carbocycles. The standard InChI is InChI=1S/C15H13N5O6S/c1-8(21)17-10-4-3-9(5-11(10)20(24)25)7-16-19-15-18-14(23)12(27-15)6-13(22)26-2/h3-7H,1-2H3,(H,17,21)(H,18,19,23)/b12-6+,16-7?. The third-order valence-electron chi connectivity index (χ3n) is 2.99. The molecule has 12 heteroatoms. The molecule has 1 aromatic carbocycles. The number of rotatable bonds is 5. The van der Waals surface area contributed by atoms with Crippen LogP contribution >= 0.6 is 11.8 Å². The van der Waals surface area contributed by atoms with Gasteiger partial charge >= 0.3 is 5.97 Å². The molecule has 0 spiro atoms. The summed E-state index contributed by atoms with van der Waals surface area (Å²) >= 11 is 0.895. The fraction of sp³-hybridized carbons (Fsp3) is 0.133. The van der Waals surface area contributed by atoms with Crippen LogP contribution in [0.4, 0.5) is 11.4 Å². The molecule has 0 atom stereocenters. The van der Waals surface area contributed by atoms with Crippen LogP contribution in [0.25, 0.3) is 0 Å². The topological polar surface area (TPSA) is 152 Å². The highest BCUT2D eigenvalue weighted by molar-refractivity contribution is 8.18. The molecule has 2 rings (SSSR count). The van der Waals surface area contributed by atoms with Crippen molar-refractivity contribution in [3.8, 4) is 0 Å². The lowest BCUT2D eigenvalue weighted by Gasteiger charge is -2.03. The molecule has 0 unspecified atom stereocenters. The van der Waals surface area contributed by atoms with Crippen LogP contribution in [0, 0.1) is 10.1 Å². The second kappa shape index (κ2) is 8.71. The largest absolute Gasteiger partial charge is 0.466 e. The van der Waals surface area contributed by atoms with Crippen molar-refractivity contribution in [2.24, 2.45) is 10.2 Å². The quantitative estimate of drug-likeness (QED) is 0.251. The average molecular weight is 391 g/mol. The summed E-state index contributed by atoms with van der Waals surface area (Å²) in [4.78, 5) is 44.5. The van der Waals surface area contributed by atoms with Crippen LogP contribution in [0.15, 0.2) is 39.4 Å². The van der Waals surface area contributed by atoms with Crippen LogP contribution in [0.5, 0.6) is 0 Å². The molecule has 1 heterocycles. The van der Waals surface area contributed by atoms with Crippen LogP contribution in [0.1, 0.15) is 12.5 Å². The van der Waals surface area contributed by atoms with Gasteiger partial charge in [-0.1, -0.05) is 6.07 Å². The highest BCUT2D eigenvalue weighted by atomic mass is 32.2. The number of nitro groups is 1. The molecule has 1 aliphatic rings. The van der Waals surface area contributed by atoms with Crippen LogP contribution < -0.4 is 10.6 Å².